The highest BCUT2D eigenvalue weighted by Crippen LogP contribution is 2.44. The van der Waals surface area contributed by atoms with Crippen LogP contribution in [0.4, 0.5) is 4.79 Å². The molecule has 7 amide bonds. The monoisotopic (exact) mass is 1330 g/mol. The summed E-state index contributed by atoms with van der Waals surface area (Å²) in [5.41, 5.74) is 4.94. The molecule has 0 bridgehead atoms. The first-order valence-electron chi connectivity index (χ1n) is 34.0. The fourth-order valence-electron chi connectivity index (χ4n) is 11.4. The highest BCUT2D eigenvalue weighted by atomic mass is 16.6. The lowest BCUT2D eigenvalue weighted by Gasteiger charge is -2.35. The van der Waals surface area contributed by atoms with Crippen molar-refractivity contribution in [2.24, 2.45) is 29.6 Å². The fraction of sp³-hybridized carbons (Fsp3) is 0.547. The second-order valence-corrected chi connectivity index (χ2v) is 27.1. The van der Waals surface area contributed by atoms with Crippen LogP contribution in [-0.2, 0) is 70.4 Å². The number of nitrogens with zero attached hydrogens (tertiary/aromatic N) is 1. The number of alkyl carbamates (subject to hydrolysis) is 1. The van der Waals surface area contributed by atoms with Crippen LogP contribution >= 0.6 is 0 Å². The van der Waals surface area contributed by atoms with Gasteiger partial charge in [-0.2, -0.15) is 0 Å². The first kappa shape index (κ1) is 78.1. The number of benzene rings is 4. The zero-order chi connectivity index (χ0) is 71.0. The molecule has 0 saturated carbocycles. The minimum Gasteiger partial charge on any atom is -0.488 e. The molecule has 4 aromatic rings. The highest BCUT2D eigenvalue weighted by molar-refractivity contribution is 5.96. The molecule has 0 aromatic heterocycles. The van der Waals surface area contributed by atoms with Crippen LogP contribution in [0.3, 0.4) is 0 Å². The number of carbonyl (C=O) groups is 10. The van der Waals surface area contributed by atoms with Gasteiger partial charge < -0.3 is 55.7 Å². The van der Waals surface area contributed by atoms with Crippen LogP contribution < -0.4 is 36.6 Å². The van der Waals surface area contributed by atoms with E-state index < -0.39 is 119 Å². The molecule has 1 aliphatic rings. The zero-order valence-electron chi connectivity index (χ0n) is 59.0. The van der Waals surface area contributed by atoms with Gasteiger partial charge in [0.05, 0.1) is 0 Å². The molecule has 0 saturated heterocycles. The Morgan fingerprint density at radius 1 is 0.583 bits per heavy atom. The summed E-state index contributed by atoms with van der Waals surface area (Å²) in [6.07, 6.45) is -0.560. The Morgan fingerprint density at radius 3 is 1.72 bits per heavy atom. The lowest BCUT2D eigenvalue weighted by Crippen LogP contribution is -2.61. The lowest BCUT2D eigenvalue weighted by molar-refractivity contribution is -0.159. The Bertz CT molecular complexity index is 3210. The molecule has 96 heavy (non-hydrogen) atoms. The topological polar surface area (TPSA) is 283 Å². The molecule has 0 radical (unpaired) electrons. The minimum absolute atomic E-state index is 0.0151. The average molecular weight is 1330 g/mol. The van der Waals surface area contributed by atoms with Gasteiger partial charge in [-0.1, -0.05) is 179 Å². The van der Waals surface area contributed by atoms with E-state index in [2.05, 4.69) is 31.9 Å². The molecule has 6 N–H and O–H groups in total. The highest BCUT2D eigenvalue weighted by Gasteiger charge is 2.41. The number of carbonyl (C=O) groups excluding carboxylic acids is 10. The summed E-state index contributed by atoms with van der Waals surface area (Å²) in [7, 11) is 2.88. The van der Waals surface area contributed by atoms with Crippen LogP contribution in [0.15, 0.2) is 103 Å². The predicted molar refractivity (Wildman–Crippen MR) is 368 cm³/mol. The molecule has 5 rings (SSSR count). The molecule has 1 aliphatic carbocycles. The maximum atomic E-state index is 15.3. The molecule has 0 unspecified atom stereocenters. The van der Waals surface area contributed by atoms with Crippen LogP contribution in [0.5, 0.6) is 5.75 Å². The van der Waals surface area contributed by atoms with Crippen molar-refractivity contribution in [3.8, 4) is 16.9 Å². The van der Waals surface area contributed by atoms with Crippen molar-refractivity contribution in [1.82, 2.24) is 36.8 Å². The zero-order valence-corrected chi connectivity index (χ0v) is 59.0. The summed E-state index contributed by atoms with van der Waals surface area (Å²) in [4.78, 5) is 144. The summed E-state index contributed by atoms with van der Waals surface area (Å²) < 4.78 is 23.8. The van der Waals surface area contributed by atoms with Crippen molar-refractivity contribution in [2.45, 2.75) is 215 Å². The molecule has 21 heteroatoms. The van der Waals surface area contributed by atoms with Crippen LogP contribution in [0, 0.1) is 29.6 Å². The summed E-state index contributed by atoms with van der Waals surface area (Å²) in [5, 5.41) is 16.6. The van der Waals surface area contributed by atoms with Gasteiger partial charge >= 0.3 is 18.0 Å². The van der Waals surface area contributed by atoms with Gasteiger partial charge in [-0.15, -0.1) is 0 Å². The largest absolute Gasteiger partial charge is 0.488 e. The van der Waals surface area contributed by atoms with Crippen molar-refractivity contribution < 1.29 is 66.9 Å². The quantitative estimate of drug-likeness (QED) is 0.0181. The molecule has 4 aromatic carbocycles. The normalized spacial score (nSPS) is 15.1. The third kappa shape index (κ3) is 23.3. The van der Waals surface area contributed by atoms with E-state index in [9.17, 15) is 38.4 Å². The van der Waals surface area contributed by atoms with Crippen LogP contribution in [0.25, 0.3) is 11.1 Å². The van der Waals surface area contributed by atoms with Gasteiger partial charge in [0.2, 0.25) is 35.4 Å². The Hall–Kier alpha value is -8.62. The molecule has 524 valence electrons. The number of amides is 7. The molecule has 21 nitrogen and oxygen atoms in total. The van der Waals surface area contributed by atoms with E-state index in [4.69, 9.17) is 18.9 Å². The predicted octanol–water partition coefficient (Wildman–Crippen LogP) is 9.84. The number of hydrogen-bond acceptors (Lipinski definition) is 14. The smallest absolute Gasteiger partial charge is 0.407 e. The summed E-state index contributed by atoms with van der Waals surface area (Å²) >= 11 is 0. The first-order chi connectivity index (χ1) is 45.5. The van der Waals surface area contributed by atoms with E-state index in [0.717, 1.165) is 22.3 Å². The van der Waals surface area contributed by atoms with Gasteiger partial charge in [0, 0.05) is 51.1 Å². The number of likely N-dealkylation sites (N-methyl/N-ethyl adjacent to an activating group) is 1. The number of nitrogens with one attached hydrogen (secondary N) is 6. The number of ketones is 1. The van der Waals surface area contributed by atoms with Gasteiger partial charge in [-0.05, 0) is 110 Å². The number of Topliss-reactive ketones (excluding diaryl/α,β-unsaturated/α-hetero) is 1. The van der Waals surface area contributed by atoms with Crippen molar-refractivity contribution in [3.05, 3.63) is 125 Å². The van der Waals surface area contributed by atoms with Gasteiger partial charge in [-0.3, -0.25) is 33.6 Å². The number of rotatable bonds is 37. The van der Waals surface area contributed by atoms with Crippen molar-refractivity contribution in [2.75, 3.05) is 20.7 Å². The number of fused-ring (bicyclic) bond motifs is 3. The standard InChI is InChI=1S/C75H105N7O14/c1-16-19-33-59(78-74(92)94-44-58-56-31-25-23-29-54(56)55-30-24-26-32-57(55)58)68(86)79-64(47(8)17-2)71(89)82(15)61(41-50-34-37-53(38-35-50)96-75(11,12)13)69(87)80-65(48(9)18-3)73(91)95-49(10)66(81-67(85)52(36-39-63(84)76-14)42-62(83)46(6)7)70(88)77-60(40-45(4)5)72(90)93-43-51-27-21-20-22-28-51/h20-32,34-35,37-38,45-49,52,58-61,64-66H,16-19,33,36,39-44H2,1-15H3,(H,76,84)(H,77,88)(H,78,92)(H,79,86)(H,80,87)(H,81,85)/t47-,48-,49+,52+,59-,60-,61-,64-,65-,66-/m0/s1. The molecule has 0 heterocycles. The average Bonchev–Trinajstić information content (AvgIpc) is 1.60. The summed E-state index contributed by atoms with van der Waals surface area (Å²) in [5.74, 6) is -8.72. The van der Waals surface area contributed by atoms with Crippen LogP contribution in [0.2, 0.25) is 0 Å². The first-order valence-corrected chi connectivity index (χ1v) is 34.0. The van der Waals surface area contributed by atoms with Crippen molar-refractivity contribution in [1.29, 1.82) is 0 Å². The number of hydrogen-bond donors (Lipinski definition) is 6. The summed E-state index contributed by atoms with van der Waals surface area (Å²) in [6, 6.07) is 23.8. The fourth-order valence-corrected chi connectivity index (χ4v) is 11.4. The summed E-state index contributed by atoms with van der Waals surface area (Å²) in [6.45, 7) is 23.2. The maximum absolute atomic E-state index is 15.3. The number of esters is 2. The Balaban J connectivity index is 1.46. The number of unbranched alkanes of at least 4 members (excludes halogenated alkanes) is 1. The van der Waals surface area contributed by atoms with E-state index in [1.807, 2.05) is 103 Å². The van der Waals surface area contributed by atoms with Gasteiger partial charge in [0.1, 0.15) is 72.7 Å². The number of ether oxygens (including phenoxy) is 4. The van der Waals surface area contributed by atoms with Crippen LogP contribution in [-0.4, -0.2) is 133 Å². The minimum atomic E-state index is -1.71. The molecule has 0 spiro atoms. The maximum Gasteiger partial charge on any atom is 0.407 e. The lowest BCUT2D eigenvalue weighted by atomic mass is 9.91. The van der Waals surface area contributed by atoms with Gasteiger partial charge in [0.15, 0.2) is 0 Å². The SMILES string of the molecule is CCCC[C@H](NC(=O)OCC1c2ccccc2-c2ccccc21)C(=O)N[C@H](C(=O)N(C)[C@@H](Cc1ccc(OC(C)(C)C)cc1)C(=O)N[C@H](C(=O)O[C@H](C)[C@H](NC(=O)[C@H](CCC(=O)NC)CC(=O)C(C)C)C(=O)N[C@@H](CC(C)C)C(=O)OCc1ccccc1)[C@@H](C)CC)[C@@H](C)CC. The van der Waals surface area contributed by atoms with E-state index in [0.29, 0.717) is 42.6 Å². The van der Waals surface area contributed by atoms with Crippen LogP contribution in [0.1, 0.15) is 176 Å². The Labute approximate surface area is 567 Å². The van der Waals surface area contributed by atoms with Gasteiger partial charge in [-0.25, -0.2) is 14.4 Å². The molecule has 10 atom stereocenters. The Morgan fingerprint density at radius 2 is 1.16 bits per heavy atom. The molecule has 0 fully saturated rings. The van der Waals surface area contributed by atoms with E-state index >= 15 is 9.59 Å². The van der Waals surface area contributed by atoms with Gasteiger partial charge in [0.25, 0.3) is 0 Å². The second kappa shape index (κ2) is 37.6. The van der Waals surface area contributed by atoms with Crippen molar-refractivity contribution in [3.63, 3.8) is 0 Å². The second-order valence-electron chi connectivity index (χ2n) is 27.1. The third-order valence-corrected chi connectivity index (χ3v) is 17.6. The van der Waals surface area contributed by atoms with E-state index in [1.54, 1.807) is 83.1 Å². The molecular weight excluding hydrogens is 1220 g/mol. The molecular formula is C75H105N7O14. The van der Waals surface area contributed by atoms with E-state index in [1.165, 1.54) is 25.9 Å². The van der Waals surface area contributed by atoms with E-state index in [-0.39, 0.29) is 75.3 Å². The molecule has 0 aliphatic heterocycles. The third-order valence-electron chi connectivity index (χ3n) is 17.6. The van der Waals surface area contributed by atoms with Crippen molar-refractivity contribution >= 4 is 59.3 Å². The Kier molecular flexibility index (Phi) is 30.6.